The number of aryl methyl sites for hydroxylation is 1. The molecule has 1 aliphatic heterocycles. The third-order valence-corrected chi connectivity index (χ3v) is 6.21. The molecule has 0 aliphatic carbocycles. The zero-order valence-electron chi connectivity index (χ0n) is 19.1. The fourth-order valence-corrected chi connectivity index (χ4v) is 4.52. The summed E-state index contributed by atoms with van der Waals surface area (Å²) in [6.45, 7) is 10.3. The quantitative estimate of drug-likeness (QED) is 0.513. The minimum absolute atomic E-state index is 0.0714. The van der Waals surface area contributed by atoms with Gasteiger partial charge in [0, 0.05) is 36.8 Å². The van der Waals surface area contributed by atoms with Gasteiger partial charge in [-0.15, -0.1) is 10.2 Å². The summed E-state index contributed by atoms with van der Waals surface area (Å²) in [7, 11) is 0. The van der Waals surface area contributed by atoms with Gasteiger partial charge in [0.05, 0.1) is 6.10 Å². The second-order valence-electron chi connectivity index (χ2n) is 9.13. The van der Waals surface area contributed by atoms with E-state index in [-0.39, 0.29) is 18.2 Å². The summed E-state index contributed by atoms with van der Waals surface area (Å²) in [5.74, 6) is 1.52. The highest BCUT2D eigenvalue weighted by atomic mass is 16.5. The van der Waals surface area contributed by atoms with Crippen molar-refractivity contribution >= 4 is 16.6 Å². The van der Waals surface area contributed by atoms with Crippen LogP contribution in [0.4, 0.5) is 0 Å². The Labute approximate surface area is 188 Å². The van der Waals surface area contributed by atoms with Crippen LogP contribution in [0, 0.1) is 6.92 Å². The lowest BCUT2D eigenvalue weighted by Gasteiger charge is -2.24. The second-order valence-corrected chi connectivity index (χ2v) is 9.13. The molecular weight excluding hydrogens is 400 g/mol. The van der Waals surface area contributed by atoms with E-state index in [1.165, 1.54) is 5.56 Å². The van der Waals surface area contributed by atoms with E-state index in [1.807, 2.05) is 36.4 Å². The van der Waals surface area contributed by atoms with E-state index in [0.29, 0.717) is 0 Å². The van der Waals surface area contributed by atoms with E-state index in [9.17, 15) is 0 Å². The zero-order valence-corrected chi connectivity index (χ0v) is 19.1. The maximum Gasteiger partial charge on any atom is 0.187 e. The number of rotatable bonds is 5. The lowest BCUT2D eigenvalue weighted by atomic mass is 10.1. The number of hydrogen-bond donors (Lipinski definition) is 1. The molecule has 1 aromatic carbocycles. The maximum absolute atomic E-state index is 6.13. The highest BCUT2D eigenvalue weighted by Crippen LogP contribution is 2.30. The fourth-order valence-electron chi connectivity index (χ4n) is 4.52. The van der Waals surface area contributed by atoms with E-state index in [0.717, 1.165) is 58.9 Å². The lowest BCUT2D eigenvalue weighted by molar-refractivity contribution is 0.245. The summed E-state index contributed by atoms with van der Waals surface area (Å²) < 4.78 is 8.10. The number of nitrogens with two attached hydrogens (primary N) is 1. The average Bonchev–Trinajstić information content (AvgIpc) is 3.38. The molecule has 1 aliphatic rings. The Morgan fingerprint density at radius 3 is 2.69 bits per heavy atom. The van der Waals surface area contributed by atoms with Gasteiger partial charge in [0.1, 0.15) is 17.0 Å². The number of aromatic nitrogens is 4. The maximum atomic E-state index is 6.13. The Bertz CT molecular complexity index is 1280. The molecule has 7 nitrogen and oxygen atoms in total. The normalized spacial score (nSPS) is 18.1. The third-order valence-electron chi connectivity index (χ3n) is 6.21. The van der Waals surface area contributed by atoms with Gasteiger partial charge >= 0.3 is 0 Å². The summed E-state index contributed by atoms with van der Waals surface area (Å²) in [5.41, 5.74) is 10.9. The highest BCUT2D eigenvalue weighted by Gasteiger charge is 2.25. The molecule has 4 heterocycles. The Hall–Kier alpha value is -3.03. The van der Waals surface area contributed by atoms with Crippen molar-refractivity contribution in [1.29, 1.82) is 0 Å². The summed E-state index contributed by atoms with van der Waals surface area (Å²) in [6.07, 6.45) is 3.25. The van der Waals surface area contributed by atoms with Crippen LogP contribution in [0.2, 0.25) is 0 Å². The van der Waals surface area contributed by atoms with Gasteiger partial charge in [0.25, 0.3) is 0 Å². The van der Waals surface area contributed by atoms with Gasteiger partial charge in [-0.1, -0.05) is 12.1 Å². The molecule has 0 amide bonds. The summed E-state index contributed by atoms with van der Waals surface area (Å²) in [6, 6.07) is 13.0. The first-order valence-electron chi connectivity index (χ1n) is 11.3. The summed E-state index contributed by atoms with van der Waals surface area (Å²) >= 11 is 0. The van der Waals surface area contributed by atoms with Gasteiger partial charge < -0.3 is 10.5 Å². The Kier molecular flexibility index (Phi) is 5.31. The predicted molar refractivity (Wildman–Crippen MR) is 127 cm³/mol. The first-order chi connectivity index (χ1) is 15.4. The van der Waals surface area contributed by atoms with Crippen molar-refractivity contribution in [3.8, 4) is 17.3 Å². The van der Waals surface area contributed by atoms with Gasteiger partial charge in [0.15, 0.2) is 11.5 Å². The molecule has 2 atom stereocenters. The van der Waals surface area contributed by atoms with Gasteiger partial charge in [-0.25, -0.2) is 4.98 Å². The number of benzene rings is 1. The van der Waals surface area contributed by atoms with Crippen LogP contribution in [-0.4, -0.2) is 49.7 Å². The standard InChI is InChI=1S/C25H30N6O/c1-15(2)32-22-12-16(3)11-18-5-7-21(27-24(18)22)25-29-28-23-8-6-19(13-31(23)25)17(4)30-10-9-20(26)14-30/h5-8,11-13,15,17,20H,9-10,14,26H2,1-4H3/t17-,20-/m0/s1. The minimum Gasteiger partial charge on any atom is -0.489 e. The highest BCUT2D eigenvalue weighted by molar-refractivity contribution is 5.87. The Balaban J connectivity index is 1.57. The molecule has 5 rings (SSSR count). The molecule has 1 saturated heterocycles. The van der Waals surface area contributed by atoms with Gasteiger partial charge in [-0.05, 0) is 69.5 Å². The predicted octanol–water partition coefficient (Wildman–Crippen LogP) is 4.13. The largest absolute Gasteiger partial charge is 0.489 e. The van der Waals surface area contributed by atoms with E-state index in [1.54, 1.807) is 0 Å². The zero-order chi connectivity index (χ0) is 22.4. The molecule has 7 heteroatoms. The molecule has 0 spiro atoms. The van der Waals surface area contributed by atoms with Gasteiger partial charge in [-0.3, -0.25) is 9.30 Å². The fraction of sp³-hybridized carbons (Fsp3) is 0.400. The van der Waals surface area contributed by atoms with E-state index < -0.39 is 0 Å². The van der Waals surface area contributed by atoms with Crippen LogP contribution in [0.5, 0.6) is 5.75 Å². The van der Waals surface area contributed by atoms with Crippen LogP contribution in [-0.2, 0) is 0 Å². The first-order valence-corrected chi connectivity index (χ1v) is 11.3. The van der Waals surface area contributed by atoms with Gasteiger partial charge in [0.2, 0.25) is 0 Å². The van der Waals surface area contributed by atoms with Crippen LogP contribution in [0.15, 0.2) is 42.6 Å². The second kappa shape index (κ2) is 8.15. The molecule has 0 saturated carbocycles. The van der Waals surface area contributed by atoms with Crippen molar-refractivity contribution in [2.45, 2.75) is 52.3 Å². The molecule has 2 N–H and O–H groups in total. The molecule has 3 aromatic heterocycles. The molecule has 0 unspecified atom stereocenters. The number of likely N-dealkylation sites (tertiary alicyclic amines) is 1. The van der Waals surface area contributed by atoms with Crippen LogP contribution < -0.4 is 10.5 Å². The van der Waals surface area contributed by atoms with Crippen molar-refractivity contribution in [3.63, 3.8) is 0 Å². The SMILES string of the molecule is Cc1cc(OC(C)C)c2nc(-c3nnc4ccc([C@H](C)N5CC[C@H](N)C5)cn34)ccc2c1. The van der Waals surface area contributed by atoms with Crippen molar-refractivity contribution < 1.29 is 4.74 Å². The number of fused-ring (bicyclic) bond motifs is 2. The van der Waals surface area contributed by atoms with E-state index in [4.69, 9.17) is 15.5 Å². The Morgan fingerprint density at radius 1 is 1.09 bits per heavy atom. The smallest absolute Gasteiger partial charge is 0.187 e. The summed E-state index contributed by atoms with van der Waals surface area (Å²) in [4.78, 5) is 7.38. The van der Waals surface area contributed by atoms with E-state index in [2.05, 4.69) is 53.3 Å². The van der Waals surface area contributed by atoms with Crippen LogP contribution >= 0.6 is 0 Å². The molecule has 0 bridgehead atoms. The van der Waals surface area contributed by atoms with Crippen LogP contribution in [0.3, 0.4) is 0 Å². The molecular formula is C25H30N6O. The molecule has 1 fully saturated rings. The molecule has 166 valence electrons. The van der Waals surface area contributed by atoms with Gasteiger partial charge in [-0.2, -0.15) is 0 Å². The van der Waals surface area contributed by atoms with Crippen LogP contribution in [0.1, 0.15) is 44.4 Å². The summed E-state index contributed by atoms with van der Waals surface area (Å²) in [5, 5.41) is 9.90. The van der Waals surface area contributed by atoms with Crippen LogP contribution in [0.25, 0.3) is 28.1 Å². The third kappa shape index (κ3) is 3.82. The van der Waals surface area contributed by atoms with E-state index >= 15 is 0 Å². The average molecular weight is 431 g/mol. The number of hydrogen-bond acceptors (Lipinski definition) is 6. The minimum atomic E-state index is 0.0714. The number of nitrogens with zero attached hydrogens (tertiary/aromatic N) is 5. The van der Waals surface area contributed by atoms with Crippen molar-refractivity contribution in [1.82, 2.24) is 24.5 Å². The lowest BCUT2D eigenvalue weighted by Crippen LogP contribution is -2.28. The molecule has 4 aromatic rings. The molecule has 32 heavy (non-hydrogen) atoms. The number of ether oxygens (including phenoxy) is 1. The van der Waals surface area contributed by atoms with Crippen molar-refractivity contribution in [2.24, 2.45) is 5.73 Å². The first kappa shape index (κ1) is 20.8. The monoisotopic (exact) mass is 430 g/mol. The molecule has 0 radical (unpaired) electrons. The van der Waals surface area contributed by atoms with Crippen molar-refractivity contribution in [2.75, 3.05) is 13.1 Å². The van der Waals surface area contributed by atoms with Crippen molar-refractivity contribution in [3.05, 3.63) is 53.7 Å². The number of pyridine rings is 2. The Morgan fingerprint density at radius 2 is 1.94 bits per heavy atom. The topological polar surface area (TPSA) is 81.6 Å².